The fraction of sp³-hybridized carbons (Fsp3) is 0.571. The molecule has 0 saturated heterocycles. The number of nitrogens with two attached hydrogens (primary N) is 1. The van der Waals surface area contributed by atoms with Gasteiger partial charge in [-0.2, -0.15) is 0 Å². The summed E-state index contributed by atoms with van der Waals surface area (Å²) >= 11 is 0. The van der Waals surface area contributed by atoms with E-state index in [9.17, 15) is 0 Å². The lowest BCUT2D eigenvalue weighted by molar-refractivity contribution is 0.200. The van der Waals surface area contributed by atoms with Crippen molar-refractivity contribution < 1.29 is 0 Å². The van der Waals surface area contributed by atoms with E-state index in [1.165, 1.54) is 16.7 Å². The van der Waals surface area contributed by atoms with E-state index < -0.39 is 0 Å². The molecular formula is C14H24N2. The van der Waals surface area contributed by atoms with Gasteiger partial charge in [0.05, 0.1) is 0 Å². The molecule has 0 radical (unpaired) electrons. The average molecular weight is 220 g/mol. The predicted octanol–water partition coefficient (Wildman–Crippen LogP) is 2.64. The highest BCUT2D eigenvalue weighted by Gasteiger charge is 2.19. The second kappa shape index (κ2) is 5.46. The van der Waals surface area contributed by atoms with Crippen molar-refractivity contribution in [1.29, 1.82) is 0 Å². The molecule has 0 saturated carbocycles. The van der Waals surface area contributed by atoms with Crippen molar-refractivity contribution >= 4 is 0 Å². The van der Waals surface area contributed by atoms with Crippen LogP contribution < -0.4 is 5.73 Å². The highest BCUT2D eigenvalue weighted by molar-refractivity contribution is 5.33. The van der Waals surface area contributed by atoms with Crippen molar-refractivity contribution in [3.63, 3.8) is 0 Å². The molecule has 0 fully saturated rings. The van der Waals surface area contributed by atoms with E-state index >= 15 is 0 Å². The molecule has 0 aliphatic carbocycles. The number of benzene rings is 1. The predicted molar refractivity (Wildman–Crippen MR) is 70.6 cm³/mol. The van der Waals surface area contributed by atoms with E-state index in [2.05, 4.69) is 57.8 Å². The van der Waals surface area contributed by atoms with Gasteiger partial charge in [0.25, 0.3) is 0 Å². The van der Waals surface area contributed by atoms with Crippen LogP contribution in [0.2, 0.25) is 0 Å². The van der Waals surface area contributed by atoms with Gasteiger partial charge in [0.15, 0.2) is 0 Å². The van der Waals surface area contributed by atoms with E-state index in [-0.39, 0.29) is 0 Å². The van der Waals surface area contributed by atoms with E-state index in [0.29, 0.717) is 18.6 Å². The molecule has 2 nitrogen and oxygen atoms in total. The van der Waals surface area contributed by atoms with E-state index in [0.717, 1.165) is 0 Å². The summed E-state index contributed by atoms with van der Waals surface area (Å²) in [6, 6.07) is 7.42. The first-order chi connectivity index (χ1) is 7.47. The zero-order valence-electron chi connectivity index (χ0n) is 11.1. The summed E-state index contributed by atoms with van der Waals surface area (Å²) in [5, 5.41) is 0. The van der Waals surface area contributed by atoms with Crippen molar-refractivity contribution in [2.24, 2.45) is 5.73 Å². The van der Waals surface area contributed by atoms with Crippen LogP contribution in [0.15, 0.2) is 18.2 Å². The Labute approximate surface area is 99.5 Å². The third-order valence-corrected chi connectivity index (χ3v) is 3.32. The Morgan fingerprint density at radius 1 is 1.25 bits per heavy atom. The van der Waals surface area contributed by atoms with Gasteiger partial charge < -0.3 is 5.73 Å². The Hall–Kier alpha value is -0.860. The van der Waals surface area contributed by atoms with E-state index in [1.54, 1.807) is 0 Å². The number of rotatable bonds is 4. The second-order valence-electron chi connectivity index (χ2n) is 4.87. The largest absolute Gasteiger partial charge is 0.329 e. The summed E-state index contributed by atoms with van der Waals surface area (Å²) in [5.41, 5.74) is 9.91. The molecule has 0 aliphatic rings. The number of likely N-dealkylation sites (N-methyl/N-ethyl adjacent to an activating group) is 1. The van der Waals surface area contributed by atoms with Gasteiger partial charge in [0.2, 0.25) is 0 Å². The fourth-order valence-electron chi connectivity index (χ4n) is 1.99. The van der Waals surface area contributed by atoms with E-state index in [1.807, 2.05) is 0 Å². The molecule has 2 N–H and O–H groups in total. The summed E-state index contributed by atoms with van der Waals surface area (Å²) < 4.78 is 0. The zero-order chi connectivity index (χ0) is 12.3. The van der Waals surface area contributed by atoms with Crippen LogP contribution in [0.4, 0.5) is 0 Å². The first kappa shape index (κ1) is 13.2. The Kier molecular flexibility index (Phi) is 4.51. The molecular weight excluding hydrogens is 196 g/mol. The molecule has 1 atom stereocenters. The first-order valence-electron chi connectivity index (χ1n) is 5.96. The minimum absolute atomic E-state index is 0.319. The Bertz CT molecular complexity index is 345. The maximum absolute atomic E-state index is 5.92. The molecule has 1 unspecified atom stereocenters. The van der Waals surface area contributed by atoms with Gasteiger partial charge in [-0.3, -0.25) is 4.90 Å². The molecule has 0 spiro atoms. The number of aryl methyl sites for hydroxylation is 2. The minimum Gasteiger partial charge on any atom is -0.329 e. The summed E-state index contributed by atoms with van der Waals surface area (Å²) in [5.74, 6) is 0. The highest BCUT2D eigenvalue weighted by Crippen LogP contribution is 2.24. The zero-order valence-corrected chi connectivity index (χ0v) is 11.1. The maximum Gasteiger partial charge on any atom is 0.0472 e. The number of hydrogen-bond acceptors (Lipinski definition) is 2. The molecule has 0 bridgehead atoms. The third-order valence-electron chi connectivity index (χ3n) is 3.32. The van der Waals surface area contributed by atoms with Crippen molar-refractivity contribution in [2.75, 3.05) is 13.6 Å². The second-order valence-corrected chi connectivity index (χ2v) is 4.87. The van der Waals surface area contributed by atoms with Gasteiger partial charge in [-0.25, -0.2) is 0 Å². The molecule has 0 heterocycles. The Balaban J connectivity index is 3.07. The smallest absolute Gasteiger partial charge is 0.0472 e. The molecule has 16 heavy (non-hydrogen) atoms. The van der Waals surface area contributed by atoms with Crippen molar-refractivity contribution in [1.82, 2.24) is 4.90 Å². The molecule has 2 heteroatoms. The van der Waals surface area contributed by atoms with Crippen LogP contribution in [0, 0.1) is 13.8 Å². The van der Waals surface area contributed by atoms with Crippen LogP contribution in [0.1, 0.15) is 36.6 Å². The lowest BCUT2D eigenvalue weighted by Crippen LogP contribution is -2.35. The SMILES string of the molecule is Cc1ccc(C)c(C(CN)N(C)C(C)C)c1. The van der Waals surface area contributed by atoms with Crippen LogP contribution in [0.25, 0.3) is 0 Å². The minimum atomic E-state index is 0.319. The van der Waals surface area contributed by atoms with Crippen LogP contribution in [-0.2, 0) is 0 Å². The summed E-state index contributed by atoms with van der Waals surface area (Å²) in [4.78, 5) is 2.34. The lowest BCUT2D eigenvalue weighted by Gasteiger charge is -2.32. The molecule has 1 aromatic carbocycles. The summed E-state index contributed by atoms with van der Waals surface area (Å²) in [7, 11) is 2.14. The fourth-order valence-corrected chi connectivity index (χ4v) is 1.99. The lowest BCUT2D eigenvalue weighted by atomic mass is 9.97. The quantitative estimate of drug-likeness (QED) is 0.845. The van der Waals surface area contributed by atoms with E-state index in [4.69, 9.17) is 5.73 Å². The third kappa shape index (κ3) is 2.83. The Morgan fingerprint density at radius 3 is 2.38 bits per heavy atom. The molecule has 0 aliphatic heterocycles. The number of hydrogen-bond donors (Lipinski definition) is 1. The topological polar surface area (TPSA) is 29.3 Å². The molecule has 1 aromatic rings. The van der Waals surface area contributed by atoms with Gasteiger partial charge in [0, 0.05) is 18.6 Å². The monoisotopic (exact) mass is 220 g/mol. The van der Waals surface area contributed by atoms with Crippen LogP contribution >= 0.6 is 0 Å². The highest BCUT2D eigenvalue weighted by atomic mass is 15.2. The van der Waals surface area contributed by atoms with Gasteiger partial charge in [-0.05, 0) is 45.9 Å². The standard InChI is InChI=1S/C14H24N2/c1-10(2)16(5)14(9-15)13-8-11(3)6-7-12(13)4/h6-8,10,14H,9,15H2,1-5H3. The molecule has 0 amide bonds. The molecule has 90 valence electrons. The van der Waals surface area contributed by atoms with Gasteiger partial charge in [0.1, 0.15) is 0 Å². The molecule has 1 rings (SSSR count). The first-order valence-corrected chi connectivity index (χ1v) is 5.96. The average Bonchev–Trinajstić information content (AvgIpc) is 2.23. The molecule has 0 aromatic heterocycles. The van der Waals surface area contributed by atoms with Gasteiger partial charge in [-0.15, -0.1) is 0 Å². The summed E-state index contributed by atoms with van der Waals surface area (Å²) in [6.07, 6.45) is 0. The van der Waals surface area contributed by atoms with Crippen molar-refractivity contribution in [3.05, 3.63) is 34.9 Å². The van der Waals surface area contributed by atoms with Crippen LogP contribution in [0.5, 0.6) is 0 Å². The van der Waals surface area contributed by atoms with Crippen LogP contribution in [-0.4, -0.2) is 24.5 Å². The normalized spacial score (nSPS) is 13.5. The van der Waals surface area contributed by atoms with Crippen molar-refractivity contribution in [2.45, 2.75) is 39.8 Å². The van der Waals surface area contributed by atoms with Crippen LogP contribution in [0.3, 0.4) is 0 Å². The van der Waals surface area contributed by atoms with Crippen molar-refractivity contribution in [3.8, 4) is 0 Å². The number of nitrogens with zero attached hydrogens (tertiary/aromatic N) is 1. The van der Waals surface area contributed by atoms with Gasteiger partial charge in [-0.1, -0.05) is 23.8 Å². The summed E-state index contributed by atoms with van der Waals surface area (Å²) in [6.45, 7) is 9.36. The maximum atomic E-state index is 5.92. The van der Waals surface area contributed by atoms with Gasteiger partial charge >= 0.3 is 0 Å². The Morgan fingerprint density at radius 2 is 1.88 bits per heavy atom.